The molecule has 2 heterocycles. The van der Waals surface area contributed by atoms with Gasteiger partial charge < -0.3 is 9.80 Å². The van der Waals surface area contributed by atoms with Crippen molar-refractivity contribution in [1.29, 1.82) is 0 Å². The molecule has 1 aliphatic rings. The smallest absolute Gasteiger partial charge is 0.185 e. The van der Waals surface area contributed by atoms with Gasteiger partial charge >= 0.3 is 0 Å². The molecule has 1 fully saturated rings. The Bertz CT molecular complexity index is 382. The molecule has 0 bridgehead atoms. The Kier molecular flexibility index (Phi) is 4.92. The van der Waals surface area contributed by atoms with Crippen molar-refractivity contribution < 1.29 is 0 Å². The van der Waals surface area contributed by atoms with Crippen LogP contribution in [-0.2, 0) is 5.75 Å². The predicted molar refractivity (Wildman–Crippen MR) is 83.2 cm³/mol. The first-order valence-electron chi connectivity index (χ1n) is 6.73. The van der Waals surface area contributed by atoms with Crippen LogP contribution in [0.1, 0.15) is 37.3 Å². The van der Waals surface area contributed by atoms with E-state index in [2.05, 4.69) is 43.2 Å². The second-order valence-corrected chi connectivity index (χ2v) is 6.42. The lowest BCUT2D eigenvalue weighted by Crippen LogP contribution is -2.46. The first-order chi connectivity index (χ1) is 8.65. The van der Waals surface area contributed by atoms with Crippen LogP contribution >= 0.6 is 24.0 Å². The molecule has 102 valence electrons. The standard InChI is InChI=1S/C13H23N3S2/c1-4-15-5-7-16(8-6-15)13-14-12(10(2)3)11(9-17)18-13/h10,17H,4-9H2,1-3H3. The second-order valence-electron chi connectivity index (χ2n) is 5.04. The lowest BCUT2D eigenvalue weighted by atomic mass is 10.1. The van der Waals surface area contributed by atoms with Gasteiger partial charge in [-0.15, -0.1) is 11.3 Å². The fraction of sp³-hybridized carbons (Fsp3) is 0.769. The van der Waals surface area contributed by atoms with Gasteiger partial charge in [0.1, 0.15) is 0 Å². The van der Waals surface area contributed by atoms with Crippen molar-refractivity contribution in [2.45, 2.75) is 32.4 Å². The van der Waals surface area contributed by atoms with Gasteiger partial charge in [-0.25, -0.2) is 4.98 Å². The molecule has 0 radical (unpaired) electrons. The topological polar surface area (TPSA) is 19.4 Å². The number of piperazine rings is 1. The molecule has 1 aliphatic heterocycles. The summed E-state index contributed by atoms with van der Waals surface area (Å²) in [4.78, 5) is 11.1. The number of nitrogens with zero attached hydrogens (tertiary/aromatic N) is 3. The van der Waals surface area contributed by atoms with Crippen LogP contribution in [0.2, 0.25) is 0 Å². The van der Waals surface area contributed by atoms with Crippen LogP contribution < -0.4 is 4.90 Å². The van der Waals surface area contributed by atoms with Crippen LogP contribution in [0.25, 0.3) is 0 Å². The fourth-order valence-corrected chi connectivity index (χ4v) is 3.79. The minimum Gasteiger partial charge on any atom is -0.346 e. The molecular formula is C13H23N3S2. The third-order valence-electron chi connectivity index (χ3n) is 3.50. The average Bonchev–Trinajstić information content (AvgIpc) is 2.83. The molecule has 2 rings (SSSR count). The molecule has 0 N–H and O–H groups in total. The van der Waals surface area contributed by atoms with Crippen LogP contribution in [0.5, 0.6) is 0 Å². The molecule has 0 aliphatic carbocycles. The zero-order chi connectivity index (χ0) is 13.1. The molecule has 5 heteroatoms. The predicted octanol–water partition coefficient (Wildman–Crippen LogP) is 2.84. The van der Waals surface area contributed by atoms with Crippen molar-refractivity contribution >= 4 is 29.1 Å². The number of anilines is 1. The van der Waals surface area contributed by atoms with Gasteiger partial charge in [-0.05, 0) is 12.5 Å². The van der Waals surface area contributed by atoms with E-state index in [1.54, 1.807) is 0 Å². The highest BCUT2D eigenvalue weighted by Crippen LogP contribution is 2.32. The van der Waals surface area contributed by atoms with Gasteiger partial charge in [0.05, 0.1) is 5.69 Å². The first-order valence-corrected chi connectivity index (χ1v) is 8.18. The number of hydrogen-bond acceptors (Lipinski definition) is 5. The monoisotopic (exact) mass is 285 g/mol. The van der Waals surface area contributed by atoms with Crippen LogP contribution in [0.15, 0.2) is 0 Å². The summed E-state index contributed by atoms with van der Waals surface area (Å²) in [5, 5.41) is 1.19. The third kappa shape index (κ3) is 3.00. The highest BCUT2D eigenvalue weighted by atomic mass is 32.1. The first kappa shape index (κ1) is 14.2. The van der Waals surface area contributed by atoms with Gasteiger partial charge in [-0.1, -0.05) is 20.8 Å². The maximum Gasteiger partial charge on any atom is 0.185 e. The molecule has 1 saturated heterocycles. The van der Waals surface area contributed by atoms with Crippen LogP contribution in [0, 0.1) is 0 Å². The number of likely N-dealkylation sites (N-methyl/N-ethyl adjacent to an activating group) is 1. The molecular weight excluding hydrogens is 262 g/mol. The van der Waals surface area contributed by atoms with E-state index in [0.29, 0.717) is 5.92 Å². The van der Waals surface area contributed by atoms with E-state index in [4.69, 9.17) is 4.98 Å². The molecule has 0 amide bonds. The Morgan fingerprint density at radius 1 is 1.28 bits per heavy atom. The van der Waals surface area contributed by atoms with E-state index in [1.165, 1.54) is 15.7 Å². The minimum atomic E-state index is 0.495. The lowest BCUT2D eigenvalue weighted by Gasteiger charge is -2.33. The van der Waals surface area contributed by atoms with E-state index in [-0.39, 0.29) is 0 Å². The molecule has 0 aromatic carbocycles. The molecule has 0 atom stereocenters. The number of thiazole rings is 1. The summed E-state index contributed by atoms with van der Waals surface area (Å²) in [5.41, 5.74) is 1.24. The van der Waals surface area contributed by atoms with Crippen LogP contribution in [-0.4, -0.2) is 42.6 Å². The van der Waals surface area contributed by atoms with Crippen molar-refractivity contribution in [2.24, 2.45) is 0 Å². The van der Waals surface area contributed by atoms with E-state index in [0.717, 1.165) is 38.5 Å². The SMILES string of the molecule is CCN1CCN(c2nc(C(C)C)c(CS)s2)CC1. The summed E-state index contributed by atoms with van der Waals surface area (Å²) in [5.74, 6) is 1.30. The molecule has 1 aromatic heterocycles. The summed E-state index contributed by atoms with van der Waals surface area (Å²) in [6, 6.07) is 0. The maximum atomic E-state index is 4.83. The Balaban J connectivity index is 2.10. The molecule has 0 unspecified atom stereocenters. The quantitative estimate of drug-likeness (QED) is 0.859. The van der Waals surface area contributed by atoms with E-state index < -0.39 is 0 Å². The summed E-state index contributed by atoms with van der Waals surface area (Å²) < 4.78 is 0. The Labute approximate surface area is 120 Å². The minimum absolute atomic E-state index is 0.495. The van der Waals surface area contributed by atoms with E-state index in [9.17, 15) is 0 Å². The summed E-state index contributed by atoms with van der Waals surface area (Å²) in [6.07, 6.45) is 0. The summed E-state index contributed by atoms with van der Waals surface area (Å²) in [7, 11) is 0. The fourth-order valence-electron chi connectivity index (χ4n) is 2.31. The maximum absolute atomic E-state index is 4.83. The molecule has 0 saturated carbocycles. The van der Waals surface area contributed by atoms with Crippen molar-refractivity contribution in [3.05, 3.63) is 10.6 Å². The van der Waals surface area contributed by atoms with Crippen molar-refractivity contribution in [3.63, 3.8) is 0 Å². The number of aromatic nitrogens is 1. The van der Waals surface area contributed by atoms with Gasteiger partial charge in [0.2, 0.25) is 0 Å². The van der Waals surface area contributed by atoms with Gasteiger partial charge in [0.15, 0.2) is 5.13 Å². The average molecular weight is 285 g/mol. The largest absolute Gasteiger partial charge is 0.346 e. The van der Waals surface area contributed by atoms with Crippen LogP contribution in [0.4, 0.5) is 5.13 Å². The third-order valence-corrected chi connectivity index (χ3v) is 5.16. The van der Waals surface area contributed by atoms with Gasteiger partial charge in [0, 0.05) is 36.8 Å². The highest BCUT2D eigenvalue weighted by molar-refractivity contribution is 7.79. The lowest BCUT2D eigenvalue weighted by molar-refractivity contribution is 0.271. The summed E-state index contributed by atoms with van der Waals surface area (Å²) in [6.45, 7) is 12.3. The zero-order valence-electron chi connectivity index (χ0n) is 11.5. The molecule has 0 spiro atoms. The van der Waals surface area contributed by atoms with Crippen LogP contribution in [0.3, 0.4) is 0 Å². The summed E-state index contributed by atoms with van der Waals surface area (Å²) >= 11 is 6.25. The Morgan fingerprint density at radius 3 is 2.39 bits per heavy atom. The van der Waals surface area contributed by atoms with Gasteiger partial charge in [0.25, 0.3) is 0 Å². The normalized spacial score (nSPS) is 17.7. The number of rotatable bonds is 4. The van der Waals surface area contributed by atoms with Crippen molar-refractivity contribution in [1.82, 2.24) is 9.88 Å². The Morgan fingerprint density at radius 2 is 1.94 bits per heavy atom. The van der Waals surface area contributed by atoms with Gasteiger partial charge in [-0.3, -0.25) is 0 Å². The van der Waals surface area contributed by atoms with Gasteiger partial charge in [-0.2, -0.15) is 12.6 Å². The molecule has 1 aromatic rings. The van der Waals surface area contributed by atoms with E-state index >= 15 is 0 Å². The zero-order valence-corrected chi connectivity index (χ0v) is 13.2. The van der Waals surface area contributed by atoms with Crippen molar-refractivity contribution in [2.75, 3.05) is 37.6 Å². The number of hydrogen-bond donors (Lipinski definition) is 1. The van der Waals surface area contributed by atoms with Crippen molar-refractivity contribution in [3.8, 4) is 0 Å². The highest BCUT2D eigenvalue weighted by Gasteiger charge is 2.21. The second kappa shape index (κ2) is 6.26. The molecule has 18 heavy (non-hydrogen) atoms. The number of thiol groups is 1. The Hall–Kier alpha value is -0.260. The molecule has 3 nitrogen and oxygen atoms in total. The van der Waals surface area contributed by atoms with E-state index in [1.807, 2.05) is 11.3 Å².